The number of halogens is 1. The van der Waals surface area contributed by atoms with E-state index in [1.807, 2.05) is 31.2 Å². The van der Waals surface area contributed by atoms with Gasteiger partial charge in [0.15, 0.2) is 0 Å². The van der Waals surface area contributed by atoms with E-state index in [-0.39, 0.29) is 10.8 Å². The molecule has 0 spiro atoms. The van der Waals surface area contributed by atoms with Crippen molar-refractivity contribution in [2.75, 3.05) is 5.01 Å². The van der Waals surface area contributed by atoms with Crippen molar-refractivity contribution in [3.05, 3.63) is 105 Å². The molecule has 33 heavy (non-hydrogen) atoms. The van der Waals surface area contributed by atoms with Gasteiger partial charge < -0.3 is 0 Å². The maximum Gasteiger partial charge on any atom is 0.273 e. The zero-order valence-electron chi connectivity index (χ0n) is 17.4. The Bertz CT molecular complexity index is 1380. The van der Waals surface area contributed by atoms with Crippen LogP contribution in [0.25, 0.3) is 16.3 Å². The Morgan fingerprint density at radius 3 is 2.48 bits per heavy atom. The first-order chi connectivity index (χ1) is 15.9. The summed E-state index contributed by atoms with van der Waals surface area (Å²) in [4.78, 5) is 27.8. The van der Waals surface area contributed by atoms with Gasteiger partial charge in [0.1, 0.15) is 5.82 Å². The van der Waals surface area contributed by atoms with Gasteiger partial charge >= 0.3 is 0 Å². The Kier molecular flexibility index (Phi) is 6.32. The lowest BCUT2D eigenvalue weighted by atomic mass is 10.2. The van der Waals surface area contributed by atoms with E-state index < -0.39 is 16.6 Å². The molecule has 1 amide bonds. The Morgan fingerprint density at radius 1 is 1.09 bits per heavy atom. The third-order valence-electron chi connectivity index (χ3n) is 4.65. The normalized spacial score (nSPS) is 11.5. The van der Waals surface area contributed by atoms with Crippen LogP contribution in [0, 0.1) is 22.9 Å². The summed E-state index contributed by atoms with van der Waals surface area (Å²) in [5.41, 5.74) is 3.02. The van der Waals surface area contributed by atoms with Gasteiger partial charge in [0.25, 0.3) is 11.6 Å². The number of hydrazone groups is 1. The summed E-state index contributed by atoms with van der Waals surface area (Å²) in [6, 6.07) is 17.6. The van der Waals surface area contributed by atoms with Crippen molar-refractivity contribution in [1.82, 2.24) is 4.98 Å². The van der Waals surface area contributed by atoms with E-state index in [1.54, 1.807) is 24.4 Å². The molecule has 0 aliphatic heterocycles. The third-order valence-corrected chi connectivity index (χ3v) is 5.64. The molecule has 9 heteroatoms. The number of aryl methyl sites for hydroxylation is 1. The molecule has 0 fully saturated rings. The number of hydrogen-bond acceptors (Lipinski definition) is 6. The highest BCUT2D eigenvalue weighted by Crippen LogP contribution is 2.30. The predicted molar refractivity (Wildman–Crippen MR) is 128 cm³/mol. The molecular formula is C24H17FN4O3S. The number of fused-ring (bicyclic) bond motifs is 1. The number of nitro groups is 1. The molecule has 0 N–H and O–H groups in total. The Labute approximate surface area is 192 Å². The van der Waals surface area contributed by atoms with Gasteiger partial charge in [-0.25, -0.2) is 9.37 Å². The Morgan fingerprint density at radius 2 is 1.79 bits per heavy atom. The van der Waals surface area contributed by atoms with Gasteiger partial charge in [0.05, 0.1) is 21.4 Å². The van der Waals surface area contributed by atoms with Crippen molar-refractivity contribution in [3.8, 4) is 0 Å². The number of nitro benzene ring substituents is 1. The van der Waals surface area contributed by atoms with Gasteiger partial charge in [-0.1, -0.05) is 41.2 Å². The van der Waals surface area contributed by atoms with Gasteiger partial charge in [-0.3, -0.25) is 14.9 Å². The minimum atomic E-state index is -0.490. The molecule has 0 radical (unpaired) electrons. The van der Waals surface area contributed by atoms with Gasteiger partial charge in [-0.2, -0.15) is 10.1 Å². The van der Waals surface area contributed by atoms with Crippen molar-refractivity contribution in [1.29, 1.82) is 0 Å². The standard InChI is InChI=1S/C24H17FN4O3S/c1-16-2-4-18(5-3-16)15-26-28(24-27-21-12-9-19(25)14-22(21)33-24)23(30)13-8-17-6-10-20(11-7-17)29(31)32/h2-15H,1H3/b13-8+,26-15+. The lowest BCUT2D eigenvalue weighted by Crippen LogP contribution is -2.23. The molecule has 0 unspecified atom stereocenters. The second kappa shape index (κ2) is 9.49. The molecule has 4 aromatic rings. The number of non-ortho nitro benzene ring substituents is 1. The number of aromatic nitrogens is 1. The smallest absolute Gasteiger partial charge is 0.267 e. The van der Waals surface area contributed by atoms with Crippen LogP contribution in [0.3, 0.4) is 0 Å². The highest BCUT2D eigenvalue weighted by atomic mass is 32.1. The van der Waals surface area contributed by atoms with Gasteiger partial charge in [0.2, 0.25) is 5.13 Å². The van der Waals surface area contributed by atoms with Gasteiger partial charge in [-0.15, -0.1) is 0 Å². The number of benzene rings is 3. The highest BCUT2D eigenvalue weighted by Gasteiger charge is 2.17. The maximum atomic E-state index is 13.6. The zero-order valence-corrected chi connectivity index (χ0v) is 18.2. The Balaban J connectivity index is 1.65. The minimum absolute atomic E-state index is 0.0375. The van der Waals surface area contributed by atoms with Crippen LogP contribution in [0.4, 0.5) is 15.2 Å². The summed E-state index contributed by atoms with van der Waals surface area (Å²) in [6.07, 6.45) is 4.39. The first-order valence-corrected chi connectivity index (χ1v) is 10.6. The van der Waals surface area contributed by atoms with Crippen molar-refractivity contribution in [2.45, 2.75) is 6.92 Å². The minimum Gasteiger partial charge on any atom is -0.267 e. The molecule has 0 saturated carbocycles. The summed E-state index contributed by atoms with van der Waals surface area (Å²) < 4.78 is 14.2. The first kappa shape index (κ1) is 22.0. The van der Waals surface area contributed by atoms with Crippen LogP contribution in [0.15, 0.2) is 77.9 Å². The van der Waals surface area contributed by atoms with Crippen molar-refractivity contribution >= 4 is 50.6 Å². The molecule has 4 rings (SSSR count). The molecule has 3 aromatic carbocycles. The number of carbonyl (C=O) groups is 1. The molecule has 0 bridgehead atoms. The van der Waals surface area contributed by atoms with Crippen molar-refractivity contribution < 1.29 is 14.1 Å². The average Bonchev–Trinajstić information content (AvgIpc) is 3.22. The van der Waals surface area contributed by atoms with Crippen LogP contribution in [-0.4, -0.2) is 22.0 Å². The summed E-state index contributed by atoms with van der Waals surface area (Å²) in [5, 5.41) is 16.6. The van der Waals surface area contributed by atoms with Gasteiger partial charge in [0, 0.05) is 18.2 Å². The van der Waals surface area contributed by atoms with E-state index in [2.05, 4.69) is 10.1 Å². The van der Waals surface area contributed by atoms with Crippen LogP contribution < -0.4 is 5.01 Å². The fourth-order valence-corrected chi connectivity index (χ4v) is 3.85. The lowest BCUT2D eigenvalue weighted by Gasteiger charge is -2.11. The lowest BCUT2D eigenvalue weighted by molar-refractivity contribution is -0.384. The fraction of sp³-hybridized carbons (Fsp3) is 0.0417. The molecule has 1 aromatic heterocycles. The zero-order chi connectivity index (χ0) is 23.4. The highest BCUT2D eigenvalue weighted by molar-refractivity contribution is 7.22. The van der Waals surface area contributed by atoms with E-state index in [1.165, 1.54) is 36.4 Å². The average molecular weight is 460 g/mol. The van der Waals surface area contributed by atoms with Crippen molar-refractivity contribution in [3.63, 3.8) is 0 Å². The van der Waals surface area contributed by atoms with E-state index >= 15 is 0 Å². The predicted octanol–water partition coefficient (Wildman–Crippen LogP) is 5.73. The topological polar surface area (TPSA) is 88.7 Å². The largest absolute Gasteiger partial charge is 0.273 e. The van der Waals surface area contributed by atoms with E-state index in [0.717, 1.165) is 27.5 Å². The first-order valence-electron chi connectivity index (χ1n) is 9.82. The van der Waals surface area contributed by atoms with Gasteiger partial charge in [-0.05, 0) is 54.5 Å². The monoisotopic (exact) mass is 460 g/mol. The summed E-state index contributed by atoms with van der Waals surface area (Å²) >= 11 is 1.14. The van der Waals surface area contributed by atoms with Crippen LogP contribution in [0.2, 0.25) is 0 Å². The third kappa shape index (κ3) is 5.34. The molecule has 0 atom stereocenters. The quantitative estimate of drug-likeness (QED) is 0.159. The number of nitrogens with zero attached hydrogens (tertiary/aromatic N) is 4. The molecule has 7 nitrogen and oxygen atoms in total. The van der Waals surface area contributed by atoms with Crippen LogP contribution in [-0.2, 0) is 4.79 Å². The maximum absolute atomic E-state index is 13.6. The molecule has 0 aliphatic carbocycles. The molecule has 0 aliphatic rings. The summed E-state index contributed by atoms with van der Waals surface area (Å²) in [5.74, 6) is -0.868. The SMILES string of the molecule is Cc1ccc(/C=N/N(C(=O)/C=C/c2ccc([N+](=O)[O-])cc2)c2nc3ccc(F)cc3s2)cc1. The molecule has 0 saturated heterocycles. The molecular weight excluding hydrogens is 443 g/mol. The number of anilines is 1. The number of hydrogen-bond donors (Lipinski definition) is 0. The molecule has 1 heterocycles. The number of amides is 1. The van der Waals surface area contributed by atoms with Crippen LogP contribution in [0.1, 0.15) is 16.7 Å². The van der Waals surface area contributed by atoms with Crippen LogP contribution >= 0.6 is 11.3 Å². The summed E-state index contributed by atoms with van der Waals surface area (Å²) in [6.45, 7) is 1.97. The second-order valence-electron chi connectivity index (χ2n) is 7.10. The second-order valence-corrected chi connectivity index (χ2v) is 8.10. The number of thiazole rings is 1. The number of rotatable bonds is 6. The van der Waals surface area contributed by atoms with E-state index in [9.17, 15) is 19.3 Å². The van der Waals surface area contributed by atoms with Crippen molar-refractivity contribution in [2.24, 2.45) is 5.10 Å². The van der Waals surface area contributed by atoms with E-state index in [4.69, 9.17) is 0 Å². The fourth-order valence-electron chi connectivity index (χ4n) is 2.90. The van der Waals surface area contributed by atoms with Crippen LogP contribution in [0.5, 0.6) is 0 Å². The Hall–Kier alpha value is -4.24. The summed E-state index contributed by atoms with van der Waals surface area (Å²) in [7, 11) is 0. The number of carbonyl (C=O) groups excluding carboxylic acids is 1. The van der Waals surface area contributed by atoms with E-state index in [0.29, 0.717) is 15.8 Å². The molecule has 164 valence electrons.